The van der Waals surface area contributed by atoms with Crippen molar-refractivity contribution in [3.8, 4) is 0 Å². The quantitative estimate of drug-likeness (QED) is 0.482. The third kappa shape index (κ3) is 6.35. The number of anilines is 2. The molecule has 3 aromatic rings. The van der Waals surface area contributed by atoms with Crippen molar-refractivity contribution in [3.63, 3.8) is 0 Å². The summed E-state index contributed by atoms with van der Waals surface area (Å²) < 4.78 is 8.13. The van der Waals surface area contributed by atoms with Crippen LogP contribution in [0, 0.1) is 0 Å². The number of methoxy groups -OCH3 is 1. The fourth-order valence-electron chi connectivity index (χ4n) is 2.86. The second kappa shape index (κ2) is 10.5. The van der Waals surface area contributed by atoms with Gasteiger partial charge in [0.2, 0.25) is 11.8 Å². The number of halogens is 1. The van der Waals surface area contributed by atoms with Crippen LogP contribution in [-0.4, -0.2) is 41.6 Å². The summed E-state index contributed by atoms with van der Waals surface area (Å²) in [7, 11) is 1.68. The first kappa shape index (κ1) is 21.4. The number of carbonyl (C=O) groups excluding carboxylic acids is 2. The Kier molecular flexibility index (Phi) is 7.74. The summed E-state index contributed by atoms with van der Waals surface area (Å²) in [6.07, 6.45) is 2.01. The van der Waals surface area contributed by atoms with Crippen molar-refractivity contribution in [2.24, 2.45) is 0 Å². The number of fused-ring (bicyclic) bond motifs is 1. The van der Waals surface area contributed by atoms with Gasteiger partial charge in [0.1, 0.15) is 0 Å². The average Bonchev–Trinajstić information content (AvgIpc) is 3.08. The van der Waals surface area contributed by atoms with Crippen LogP contribution in [0.5, 0.6) is 0 Å². The van der Waals surface area contributed by atoms with E-state index in [1.54, 1.807) is 7.11 Å². The molecule has 0 aliphatic rings. The normalized spacial score (nSPS) is 10.8. The molecule has 0 bridgehead atoms. The van der Waals surface area contributed by atoms with Crippen LogP contribution in [0.1, 0.15) is 0 Å². The molecule has 0 spiro atoms. The number of amides is 2. The molecule has 0 fully saturated rings. The number of thioether (sulfide) groups is 1. The maximum absolute atomic E-state index is 12.2. The van der Waals surface area contributed by atoms with E-state index in [2.05, 4.69) is 31.1 Å². The van der Waals surface area contributed by atoms with Crippen molar-refractivity contribution < 1.29 is 14.3 Å². The first-order chi connectivity index (χ1) is 14.0. The molecule has 8 heteroatoms. The third-order valence-corrected chi connectivity index (χ3v) is 5.59. The minimum atomic E-state index is -0.139. The van der Waals surface area contributed by atoms with E-state index in [4.69, 9.17) is 4.74 Å². The zero-order valence-electron chi connectivity index (χ0n) is 16.0. The lowest BCUT2D eigenvalue weighted by Gasteiger charge is -2.08. The molecule has 0 saturated heterocycles. The molecule has 0 saturated carbocycles. The second-order valence-corrected chi connectivity index (χ2v) is 8.28. The second-order valence-electron chi connectivity index (χ2n) is 6.38. The van der Waals surface area contributed by atoms with Crippen molar-refractivity contribution in [1.29, 1.82) is 0 Å². The molecule has 152 valence electrons. The van der Waals surface area contributed by atoms with E-state index >= 15 is 0 Å². The third-order valence-electron chi connectivity index (χ3n) is 4.17. The van der Waals surface area contributed by atoms with Crippen LogP contribution in [0.2, 0.25) is 0 Å². The van der Waals surface area contributed by atoms with E-state index in [0.29, 0.717) is 6.61 Å². The van der Waals surface area contributed by atoms with Crippen LogP contribution in [0.4, 0.5) is 11.4 Å². The molecule has 0 aliphatic carbocycles. The number of ether oxygens (including phenoxy) is 1. The molecule has 0 radical (unpaired) electrons. The zero-order valence-corrected chi connectivity index (χ0v) is 18.4. The molecule has 2 amide bonds. The van der Waals surface area contributed by atoms with Crippen molar-refractivity contribution >= 4 is 61.8 Å². The average molecular weight is 476 g/mol. The Bertz CT molecular complexity index is 1010. The summed E-state index contributed by atoms with van der Waals surface area (Å²) in [5.74, 6) is 0.142. The van der Waals surface area contributed by atoms with Crippen molar-refractivity contribution in [1.82, 2.24) is 4.57 Å². The van der Waals surface area contributed by atoms with Crippen LogP contribution < -0.4 is 10.6 Å². The fraction of sp³-hybridized carbons (Fsp3) is 0.238. The Labute approximate surface area is 182 Å². The van der Waals surface area contributed by atoms with E-state index in [1.165, 1.54) is 11.8 Å². The Morgan fingerprint density at radius 2 is 1.76 bits per heavy atom. The largest absolute Gasteiger partial charge is 0.383 e. The summed E-state index contributed by atoms with van der Waals surface area (Å²) in [6, 6.07) is 15.2. The van der Waals surface area contributed by atoms with Gasteiger partial charge >= 0.3 is 0 Å². The summed E-state index contributed by atoms with van der Waals surface area (Å²) in [4.78, 5) is 24.2. The Morgan fingerprint density at radius 1 is 1.03 bits per heavy atom. The lowest BCUT2D eigenvalue weighted by atomic mass is 10.2. The van der Waals surface area contributed by atoms with Gasteiger partial charge in [-0.1, -0.05) is 22.0 Å². The highest BCUT2D eigenvalue weighted by atomic mass is 79.9. The van der Waals surface area contributed by atoms with Crippen LogP contribution >= 0.6 is 27.7 Å². The monoisotopic (exact) mass is 475 g/mol. The number of hydrogen-bond donors (Lipinski definition) is 2. The first-order valence-electron chi connectivity index (χ1n) is 9.06. The molecule has 1 aromatic heterocycles. The number of aromatic nitrogens is 1. The lowest BCUT2D eigenvalue weighted by molar-refractivity contribution is -0.114. The molecule has 6 nitrogen and oxygen atoms in total. The van der Waals surface area contributed by atoms with E-state index in [1.807, 2.05) is 54.7 Å². The Balaban J connectivity index is 1.46. The highest BCUT2D eigenvalue weighted by molar-refractivity contribution is 9.10. The van der Waals surface area contributed by atoms with Gasteiger partial charge in [0.25, 0.3) is 0 Å². The van der Waals surface area contributed by atoms with Gasteiger partial charge in [0, 0.05) is 46.6 Å². The number of benzene rings is 2. The predicted octanol–water partition coefficient (Wildman–Crippen LogP) is 4.36. The van der Waals surface area contributed by atoms with Gasteiger partial charge in [0.15, 0.2) is 0 Å². The van der Waals surface area contributed by atoms with Gasteiger partial charge in [-0.05, 0) is 42.5 Å². The zero-order chi connectivity index (χ0) is 20.6. The van der Waals surface area contributed by atoms with Gasteiger partial charge in [0.05, 0.1) is 18.1 Å². The van der Waals surface area contributed by atoms with E-state index in [9.17, 15) is 9.59 Å². The summed E-state index contributed by atoms with van der Waals surface area (Å²) in [6.45, 7) is 1.43. The van der Waals surface area contributed by atoms with Crippen molar-refractivity contribution in [3.05, 3.63) is 59.2 Å². The van der Waals surface area contributed by atoms with Gasteiger partial charge < -0.3 is 19.9 Å². The maximum Gasteiger partial charge on any atom is 0.234 e. The molecule has 0 atom stereocenters. The molecule has 0 unspecified atom stereocenters. The van der Waals surface area contributed by atoms with Gasteiger partial charge in [-0.3, -0.25) is 9.59 Å². The number of nitrogens with one attached hydrogen (secondary N) is 2. The van der Waals surface area contributed by atoms with Crippen LogP contribution in [0.25, 0.3) is 10.9 Å². The Hall–Kier alpha value is -2.29. The molecule has 2 aromatic carbocycles. The van der Waals surface area contributed by atoms with Crippen molar-refractivity contribution in [2.75, 3.05) is 35.9 Å². The lowest BCUT2D eigenvalue weighted by Crippen LogP contribution is -2.18. The minimum Gasteiger partial charge on any atom is -0.383 e. The number of rotatable bonds is 9. The van der Waals surface area contributed by atoms with Crippen molar-refractivity contribution in [2.45, 2.75) is 6.54 Å². The fourth-order valence-corrected chi connectivity index (χ4v) is 3.88. The van der Waals surface area contributed by atoms with E-state index in [0.717, 1.165) is 33.3 Å². The smallest absolute Gasteiger partial charge is 0.234 e. The number of carbonyl (C=O) groups is 2. The summed E-state index contributed by atoms with van der Waals surface area (Å²) in [5, 5.41) is 6.75. The van der Waals surface area contributed by atoms with Gasteiger partial charge in [-0.2, -0.15) is 0 Å². The first-order valence-corrected chi connectivity index (χ1v) is 11.0. The molecular formula is C21H22BrN3O3S. The molecule has 3 rings (SSSR count). The predicted molar refractivity (Wildman–Crippen MR) is 123 cm³/mol. The Morgan fingerprint density at radius 3 is 2.45 bits per heavy atom. The van der Waals surface area contributed by atoms with E-state index < -0.39 is 0 Å². The standard InChI is InChI=1S/C21H22BrN3O3S/c1-28-10-9-25-8-7-15-11-18(5-6-19(15)25)24-21(27)14-29-13-20(26)23-17-4-2-3-16(22)12-17/h2-8,11-12H,9-10,13-14H2,1H3,(H,23,26)(H,24,27). The topological polar surface area (TPSA) is 72.4 Å². The number of hydrogen-bond acceptors (Lipinski definition) is 4. The molecule has 1 heterocycles. The maximum atomic E-state index is 12.2. The molecular weight excluding hydrogens is 454 g/mol. The summed E-state index contributed by atoms with van der Waals surface area (Å²) in [5.41, 5.74) is 2.56. The van der Waals surface area contributed by atoms with Gasteiger partial charge in [-0.25, -0.2) is 0 Å². The van der Waals surface area contributed by atoms with Crippen LogP contribution in [0.3, 0.4) is 0 Å². The minimum absolute atomic E-state index is 0.136. The van der Waals surface area contributed by atoms with Crippen LogP contribution in [-0.2, 0) is 20.9 Å². The molecule has 29 heavy (non-hydrogen) atoms. The van der Waals surface area contributed by atoms with Crippen LogP contribution in [0.15, 0.2) is 59.2 Å². The molecule has 2 N–H and O–H groups in total. The number of nitrogens with zero attached hydrogens (tertiary/aromatic N) is 1. The summed E-state index contributed by atoms with van der Waals surface area (Å²) >= 11 is 4.64. The highest BCUT2D eigenvalue weighted by Crippen LogP contribution is 2.21. The highest BCUT2D eigenvalue weighted by Gasteiger charge is 2.08. The SMILES string of the molecule is COCCn1ccc2cc(NC(=O)CSCC(=O)Nc3cccc(Br)c3)ccc21. The van der Waals surface area contributed by atoms with Gasteiger partial charge in [-0.15, -0.1) is 11.8 Å². The molecule has 0 aliphatic heterocycles. The van der Waals surface area contributed by atoms with E-state index in [-0.39, 0.29) is 23.3 Å².